The highest BCUT2D eigenvalue weighted by Crippen LogP contribution is 2.12. The van der Waals surface area contributed by atoms with Gasteiger partial charge in [-0.2, -0.15) is 0 Å². The van der Waals surface area contributed by atoms with E-state index in [1.54, 1.807) is 7.05 Å². The molecule has 2 aliphatic heterocycles. The number of rotatable bonds is 10. The van der Waals surface area contributed by atoms with E-state index in [0.29, 0.717) is 12.7 Å². The lowest BCUT2D eigenvalue weighted by Crippen LogP contribution is -2.37. The van der Waals surface area contributed by atoms with Crippen LogP contribution >= 0.6 is 0 Å². The molecule has 29 heavy (non-hydrogen) atoms. The molecule has 2 aliphatic rings. The lowest BCUT2D eigenvalue weighted by atomic mass is 10.1. The van der Waals surface area contributed by atoms with Gasteiger partial charge in [0.2, 0.25) is 0 Å². The van der Waals surface area contributed by atoms with Crippen molar-refractivity contribution in [3.05, 3.63) is 35.4 Å². The number of guanidine groups is 1. The molecule has 7 heteroatoms. The molecule has 7 nitrogen and oxygen atoms in total. The second-order valence-electron chi connectivity index (χ2n) is 7.62. The Labute approximate surface area is 174 Å². The van der Waals surface area contributed by atoms with Gasteiger partial charge in [-0.05, 0) is 30.4 Å². The molecule has 1 atom stereocenters. The Morgan fingerprint density at radius 3 is 2.66 bits per heavy atom. The molecule has 2 N–H and O–H groups in total. The average molecular weight is 405 g/mol. The van der Waals surface area contributed by atoms with Crippen LogP contribution in [0.25, 0.3) is 0 Å². The van der Waals surface area contributed by atoms with Crippen LogP contribution in [-0.2, 0) is 27.3 Å². The average Bonchev–Trinajstić information content (AvgIpc) is 3.28. The largest absolute Gasteiger partial charge is 0.379 e. The predicted octanol–water partition coefficient (Wildman–Crippen LogP) is 1.77. The smallest absolute Gasteiger partial charge is 0.191 e. The maximum Gasteiger partial charge on any atom is 0.191 e. The van der Waals surface area contributed by atoms with Gasteiger partial charge in [0.1, 0.15) is 0 Å². The topological polar surface area (TPSA) is 67.4 Å². The van der Waals surface area contributed by atoms with Crippen molar-refractivity contribution < 1.29 is 14.2 Å². The second kappa shape index (κ2) is 12.8. The second-order valence-corrected chi connectivity index (χ2v) is 7.62. The summed E-state index contributed by atoms with van der Waals surface area (Å²) in [5, 5.41) is 6.72. The van der Waals surface area contributed by atoms with Crippen LogP contribution in [0.4, 0.5) is 0 Å². The van der Waals surface area contributed by atoms with E-state index in [4.69, 9.17) is 14.2 Å². The monoisotopic (exact) mass is 404 g/mol. The van der Waals surface area contributed by atoms with E-state index < -0.39 is 0 Å². The van der Waals surface area contributed by atoms with E-state index >= 15 is 0 Å². The predicted molar refractivity (Wildman–Crippen MR) is 115 cm³/mol. The van der Waals surface area contributed by atoms with Gasteiger partial charge in [0, 0.05) is 53.0 Å². The lowest BCUT2D eigenvalue weighted by Gasteiger charge is -2.26. The van der Waals surface area contributed by atoms with E-state index in [1.807, 2.05) is 0 Å². The summed E-state index contributed by atoms with van der Waals surface area (Å²) in [6, 6.07) is 8.81. The summed E-state index contributed by atoms with van der Waals surface area (Å²) in [4.78, 5) is 6.73. The van der Waals surface area contributed by atoms with E-state index in [0.717, 1.165) is 84.4 Å². The van der Waals surface area contributed by atoms with Gasteiger partial charge in [-0.3, -0.25) is 9.89 Å². The molecule has 1 unspecified atom stereocenters. The Morgan fingerprint density at radius 1 is 1.14 bits per heavy atom. The number of nitrogens with zero attached hydrogens (tertiary/aromatic N) is 2. The van der Waals surface area contributed by atoms with Crippen LogP contribution in [0, 0.1) is 0 Å². The summed E-state index contributed by atoms with van der Waals surface area (Å²) < 4.78 is 16.7. The molecule has 1 aromatic carbocycles. The van der Waals surface area contributed by atoms with Gasteiger partial charge in [0.25, 0.3) is 0 Å². The number of hydrogen-bond donors (Lipinski definition) is 2. The molecule has 0 aromatic heterocycles. The molecular formula is C22H36N4O3. The van der Waals surface area contributed by atoms with Crippen molar-refractivity contribution in [1.29, 1.82) is 0 Å². The quantitative estimate of drug-likeness (QED) is 0.352. The van der Waals surface area contributed by atoms with E-state index in [2.05, 4.69) is 44.8 Å². The van der Waals surface area contributed by atoms with E-state index in [9.17, 15) is 0 Å². The third-order valence-electron chi connectivity index (χ3n) is 5.30. The number of benzene rings is 1. The summed E-state index contributed by atoms with van der Waals surface area (Å²) in [6.07, 6.45) is 3.54. The first-order chi connectivity index (χ1) is 14.3. The van der Waals surface area contributed by atoms with Crippen molar-refractivity contribution >= 4 is 5.96 Å². The highest BCUT2D eigenvalue weighted by atomic mass is 16.5. The number of morpholine rings is 1. The normalized spacial score (nSPS) is 20.7. The molecule has 3 rings (SSSR count). The summed E-state index contributed by atoms with van der Waals surface area (Å²) >= 11 is 0. The van der Waals surface area contributed by atoms with Crippen LogP contribution in [-0.4, -0.2) is 76.7 Å². The fraction of sp³-hybridized carbons (Fsp3) is 0.682. The third-order valence-corrected chi connectivity index (χ3v) is 5.30. The van der Waals surface area contributed by atoms with Crippen molar-refractivity contribution in [2.45, 2.75) is 38.5 Å². The van der Waals surface area contributed by atoms with Crippen LogP contribution in [0.15, 0.2) is 29.3 Å². The van der Waals surface area contributed by atoms with Gasteiger partial charge in [0.15, 0.2) is 5.96 Å². The Balaban J connectivity index is 1.27. The van der Waals surface area contributed by atoms with Gasteiger partial charge in [0.05, 0.1) is 25.9 Å². The summed E-state index contributed by atoms with van der Waals surface area (Å²) in [5.41, 5.74) is 2.60. The Hall–Kier alpha value is -1.67. The first kappa shape index (κ1) is 22.0. The molecule has 162 valence electrons. The number of nitrogens with one attached hydrogen (secondary N) is 2. The zero-order valence-corrected chi connectivity index (χ0v) is 17.7. The summed E-state index contributed by atoms with van der Waals surface area (Å²) in [6.45, 7) is 8.66. The number of aliphatic imine (C=N–C) groups is 1. The van der Waals surface area contributed by atoms with Gasteiger partial charge in [-0.15, -0.1) is 0 Å². The maximum atomic E-state index is 5.69. The first-order valence-electron chi connectivity index (χ1n) is 10.9. The van der Waals surface area contributed by atoms with Gasteiger partial charge in [-0.25, -0.2) is 0 Å². The van der Waals surface area contributed by atoms with Crippen LogP contribution < -0.4 is 10.6 Å². The number of hydrogen-bond acceptors (Lipinski definition) is 5. The molecule has 0 amide bonds. The highest BCUT2D eigenvalue weighted by molar-refractivity contribution is 5.79. The van der Waals surface area contributed by atoms with Crippen LogP contribution in [0.1, 0.15) is 30.4 Å². The third kappa shape index (κ3) is 8.30. The first-order valence-corrected chi connectivity index (χ1v) is 10.9. The standard InChI is InChI=1S/C22H36N4O3/c1-23-22(24-9-3-12-28-18-21-4-2-13-29-21)25-16-19-5-7-20(8-6-19)17-26-10-14-27-15-11-26/h5-8,21H,2-4,9-18H2,1H3,(H2,23,24,25). The van der Waals surface area contributed by atoms with E-state index in [-0.39, 0.29) is 0 Å². The van der Waals surface area contributed by atoms with E-state index in [1.165, 1.54) is 11.1 Å². The summed E-state index contributed by atoms with van der Waals surface area (Å²) in [7, 11) is 1.80. The maximum absolute atomic E-state index is 5.69. The number of ether oxygens (including phenoxy) is 3. The lowest BCUT2D eigenvalue weighted by molar-refractivity contribution is 0.0168. The van der Waals surface area contributed by atoms with Crippen LogP contribution in [0.5, 0.6) is 0 Å². The van der Waals surface area contributed by atoms with Crippen LogP contribution in [0.3, 0.4) is 0 Å². The molecule has 0 radical (unpaired) electrons. The molecule has 0 spiro atoms. The molecule has 1 aromatic rings. The summed E-state index contributed by atoms with van der Waals surface area (Å²) in [5.74, 6) is 0.821. The fourth-order valence-electron chi connectivity index (χ4n) is 3.56. The van der Waals surface area contributed by atoms with Crippen molar-refractivity contribution in [3.8, 4) is 0 Å². The molecular weight excluding hydrogens is 368 g/mol. The molecule has 2 fully saturated rings. The minimum Gasteiger partial charge on any atom is -0.379 e. The Kier molecular flexibility index (Phi) is 9.72. The van der Waals surface area contributed by atoms with Crippen molar-refractivity contribution in [2.24, 2.45) is 4.99 Å². The van der Waals surface area contributed by atoms with Crippen molar-refractivity contribution in [2.75, 3.05) is 59.7 Å². The zero-order chi connectivity index (χ0) is 20.2. The molecule has 2 saturated heterocycles. The minimum atomic E-state index is 0.303. The SMILES string of the molecule is CN=C(NCCCOCC1CCCO1)NCc1ccc(CN2CCOCC2)cc1. The molecule has 0 saturated carbocycles. The van der Waals surface area contributed by atoms with Crippen molar-refractivity contribution in [1.82, 2.24) is 15.5 Å². The Bertz CT molecular complexity index is 597. The molecule has 0 bridgehead atoms. The van der Waals surface area contributed by atoms with Gasteiger partial charge in [-0.1, -0.05) is 24.3 Å². The molecule has 0 aliphatic carbocycles. The van der Waals surface area contributed by atoms with Gasteiger partial charge >= 0.3 is 0 Å². The fourth-order valence-corrected chi connectivity index (χ4v) is 3.56. The zero-order valence-electron chi connectivity index (χ0n) is 17.7. The Morgan fingerprint density at radius 2 is 1.93 bits per heavy atom. The van der Waals surface area contributed by atoms with Crippen LogP contribution in [0.2, 0.25) is 0 Å². The molecule has 2 heterocycles. The van der Waals surface area contributed by atoms with Crippen molar-refractivity contribution in [3.63, 3.8) is 0 Å². The minimum absolute atomic E-state index is 0.303. The van der Waals surface area contributed by atoms with Gasteiger partial charge < -0.3 is 24.8 Å². The highest BCUT2D eigenvalue weighted by Gasteiger charge is 2.15.